The van der Waals surface area contributed by atoms with E-state index in [-0.39, 0.29) is 17.6 Å². The summed E-state index contributed by atoms with van der Waals surface area (Å²) in [5.41, 5.74) is 1.76. The number of aryl methyl sites for hydroxylation is 1. The topological polar surface area (TPSA) is 57.6 Å². The Morgan fingerprint density at radius 2 is 2.00 bits per heavy atom. The molecule has 0 bridgehead atoms. The molecule has 126 valence electrons. The number of nitrogens with zero attached hydrogens (tertiary/aromatic N) is 1. The van der Waals surface area contributed by atoms with Gasteiger partial charge in [-0.25, -0.2) is 4.39 Å². The number of benzene rings is 1. The Morgan fingerprint density at radius 3 is 2.57 bits per heavy atom. The third-order valence-electron chi connectivity index (χ3n) is 4.60. The molecule has 1 aromatic carbocycles. The molecule has 0 unspecified atom stereocenters. The van der Waals surface area contributed by atoms with Crippen LogP contribution >= 0.6 is 0 Å². The van der Waals surface area contributed by atoms with Crippen LogP contribution in [0.2, 0.25) is 0 Å². The van der Waals surface area contributed by atoms with E-state index in [1.807, 2.05) is 13.8 Å². The van der Waals surface area contributed by atoms with Crippen molar-refractivity contribution in [3.8, 4) is 0 Å². The number of halogens is 1. The number of carbonyl (C=O) groups excluding carboxylic acids is 1. The zero-order chi connectivity index (χ0) is 17.0. The molecule has 1 aliphatic rings. The first kappa shape index (κ1) is 17.4. The highest BCUT2D eigenvalue weighted by Crippen LogP contribution is 2.32. The minimum Gasteiger partial charge on any atom is -0.481 e. The molecule has 4 nitrogen and oxygen atoms in total. The van der Waals surface area contributed by atoms with Crippen LogP contribution in [0, 0.1) is 24.6 Å². The molecule has 0 heterocycles. The van der Waals surface area contributed by atoms with E-state index in [2.05, 4.69) is 0 Å². The second-order valence-electron chi connectivity index (χ2n) is 6.38. The highest BCUT2D eigenvalue weighted by molar-refractivity contribution is 5.81. The molecule has 2 rings (SSSR count). The number of carboxylic acids is 1. The Morgan fingerprint density at radius 1 is 1.30 bits per heavy atom. The van der Waals surface area contributed by atoms with Gasteiger partial charge >= 0.3 is 5.97 Å². The van der Waals surface area contributed by atoms with E-state index in [0.29, 0.717) is 32.4 Å². The fourth-order valence-electron chi connectivity index (χ4n) is 3.27. The molecule has 0 aliphatic heterocycles. The van der Waals surface area contributed by atoms with Gasteiger partial charge in [-0.3, -0.25) is 9.59 Å². The van der Waals surface area contributed by atoms with Crippen LogP contribution < -0.4 is 0 Å². The first-order chi connectivity index (χ1) is 10.9. The van der Waals surface area contributed by atoms with Crippen LogP contribution in [0.25, 0.3) is 0 Å². The summed E-state index contributed by atoms with van der Waals surface area (Å²) in [5.74, 6) is -1.67. The molecule has 5 heteroatoms. The van der Waals surface area contributed by atoms with Gasteiger partial charge in [-0.1, -0.05) is 13.0 Å². The van der Waals surface area contributed by atoms with E-state index >= 15 is 0 Å². The molecule has 1 aromatic rings. The lowest BCUT2D eigenvalue weighted by Gasteiger charge is -2.26. The average molecular weight is 321 g/mol. The smallest absolute Gasteiger partial charge is 0.306 e. The zero-order valence-corrected chi connectivity index (χ0v) is 13.7. The van der Waals surface area contributed by atoms with Crippen molar-refractivity contribution in [1.29, 1.82) is 0 Å². The zero-order valence-electron chi connectivity index (χ0n) is 13.7. The van der Waals surface area contributed by atoms with Crippen LogP contribution in [0.3, 0.4) is 0 Å². The number of carbonyl (C=O) groups is 2. The van der Waals surface area contributed by atoms with Crippen molar-refractivity contribution < 1.29 is 19.1 Å². The summed E-state index contributed by atoms with van der Waals surface area (Å²) in [7, 11) is 0. The lowest BCUT2D eigenvalue weighted by atomic mass is 10.0. The van der Waals surface area contributed by atoms with Crippen molar-refractivity contribution in [1.82, 2.24) is 4.90 Å². The van der Waals surface area contributed by atoms with Crippen LogP contribution in [0.5, 0.6) is 0 Å². The number of carboxylic acid groups (broad SMARTS) is 1. The third kappa shape index (κ3) is 4.30. The van der Waals surface area contributed by atoms with Crippen LogP contribution in [0.15, 0.2) is 18.2 Å². The van der Waals surface area contributed by atoms with Crippen LogP contribution in [-0.2, 0) is 16.1 Å². The van der Waals surface area contributed by atoms with Gasteiger partial charge in [-0.15, -0.1) is 0 Å². The summed E-state index contributed by atoms with van der Waals surface area (Å²) in [6.07, 6.45) is 2.47. The second-order valence-corrected chi connectivity index (χ2v) is 6.38. The largest absolute Gasteiger partial charge is 0.481 e. The maximum absolute atomic E-state index is 13.2. The second kappa shape index (κ2) is 7.57. The number of rotatable bonds is 6. The normalized spacial score (nSPS) is 20.5. The van der Waals surface area contributed by atoms with Gasteiger partial charge in [0.15, 0.2) is 0 Å². The Balaban J connectivity index is 2.08. The number of aliphatic carboxylic acids is 1. The first-order valence-electron chi connectivity index (χ1n) is 8.19. The third-order valence-corrected chi connectivity index (χ3v) is 4.60. The maximum Gasteiger partial charge on any atom is 0.306 e. The molecule has 2 atom stereocenters. The molecule has 1 fully saturated rings. The minimum atomic E-state index is -0.809. The SMILES string of the molecule is CCCN(Cc1ccc(F)cc1C)C(=O)[C@@H]1CC[C@H](C(=O)O)C1. The van der Waals surface area contributed by atoms with Gasteiger partial charge in [0, 0.05) is 19.0 Å². The molecular formula is C18H24FNO3. The monoisotopic (exact) mass is 321 g/mol. The van der Waals surface area contributed by atoms with E-state index in [0.717, 1.165) is 17.5 Å². The van der Waals surface area contributed by atoms with Gasteiger partial charge in [0.2, 0.25) is 5.91 Å². The van der Waals surface area contributed by atoms with E-state index in [9.17, 15) is 14.0 Å². The number of hydrogen-bond donors (Lipinski definition) is 1. The molecule has 0 spiro atoms. The number of hydrogen-bond acceptors (Lipinski definition) is 2. The highest BCUT2D eigenvalue weighted by Gasteiger charge is 2.35. The molecule has 23 heavy (non-hydrogen) atoms. The van der Waals surface area contributed by atoms with Crippen molar-refractivity contribution in [2.45, 2.75) is 46.1 Å². The van der Waals surface area contributed by atoms with Crippen LogP contribution in [0.4, 0.5) is 4.39 Å². The number of amides is 1. The van der Waals surface area contributed by atoms with Gasteiger partial charge in [-0.2, -0.15) is 0 Å². The Bertz CT molecular complexity index is 588. The molecule has 1 amide bonds. The van der Waals surface area contributed by atoms with Crippen molar-refractivity contribution >= 4 is 11.9 Å². The van der Waals surface area contributed by atoms with E-state index in [4.69, 9.17) is 5.11 Å². The fraction of sp³-hybridized carbons (Fsp3) is 0.556. The van der Waals surface area contributed by atoms with Crippen LogP contribution in [-0.4, -0.2) is 28.4 Å². The molecular weight excluding hydrogens is 297 g/mol. The summed E-state index contributed by atoms with van der Waals surface area (Å²) < 4.78 is 13.2. The minimum absolute atomic E-state index is 0.0272. The highest BCUT2D eigenvalue weighted by atomic mass is 19.1. The lowest BCUT2D eigenvalue weighted by Crippen LogP contribution is -2.36. The van der Waals surface area contributed by atoms with Crippen molar-refractivity contribution in [3.05, 3.63) is 35.1 Å². The van der Waals surface area contributed by atoms with E-state index in [1.54, 1.807) is 11.0 Å². The van der Waals surface area contributed by atoms with Gasteiger partial charge in [0.1, 0.15) is 5.82 Å². The molecule has 0 aromatic heterocycles. The Kier molecular flexibility index (Phi) is 5.74. The molecule has 1 N–H and O–H groups in total. The lowest BCUT2D eigenvalue weighted by molar-refractivity contribution is -0.141. The first-order valence-corrected chi connectivity index (χ1v) is 8.19. The van der Waals surface area contributed by atoms with Crippen molar-refractivity contribution in [3.63, 3.8) is 0 Å². The predicted molar refractivity (Wildman–Crippen MR) is 85.3 cm³/mol. The van der Waals surface area contributed by atoms with Gasteiger partial charge in [0.25, 0.3) is 0 Å². The Hall–Kier alpha value is -1.91. The molecule has 1 aliphatic carbocycles. The van der Waals surface area contributed by atoms with Crippen molar-refractivity contribution in [2.75, 3.05) is 6.54 Å². The summed E-state index contributed by atoms with van der Waals surface area (Å²) >= 11 is 0. The Labute approximate surface area is 136 Å². The molecule has 1 saturated carbocycles. The summed E-state index contributed by atoms with van der Waals surface area (Å²) in [4.78, 5) is 25.6. The quantitative estimate of drug-likeness (QED) is 0.874. The fourth-order valence-corrected chi connectivity index (χ4v) is 3.27. The van der Waals surface area contributed by atoms with Crippen molar-refractivity contribution in [2.24, 2.45) is 11.8 Å². The van der Waals surface area contributed by atoms with Crippen LogP contribution in [0.1, 0.15) is 43.7 Å². The van der Waals surface area contributed by atoms with E-state index < -0.39 is 11.9 Å². The summed E-state index contributed by atoms with van der Waals surface area (Å²) in [6, 6.07) is 4.60. The maximum atomic E-state index is 13.2. The van der Waals surface area contributed by atoms with Gasteiger partial charge < -0.3 is 10.0 Å². The van der Waals surface area contributed by atoms with Gasteiger partial charge in [-0.05, 0) is 55.9 Å². The average Bonchev–Trinajstić information content (AvgIpc) is 2.98. The molecule has 0 radical (unpaired) electrons. The molecule has 0 saturated heterocycles. The van der Waals surface area contributed by atoms with E-state index in [1.165, 1.54) is 12.1 Å². The predicted octanol–water partition coefficient (Wildman–Crippen LogP) is 3.37. The standard InChI is InChI=1S/C18H24FNO3/c1-3-8-20(11-15-6-7-16(19)9-12(15)2)17(21)13-4-5-14(10-13)18(22)23/h6-7,9,13-14H,3-5,8,10-11H2,1-2H3,(H,22,23)/t13-,14+/m1/s1. The van der Waals surface area contributed by atoms with Gasteiger partial charge in [0.05, 0.1) is 5.92 Å². The summed E-state index contributed by atoms with van der Waals surface area (Å²) in [6.45, 7) is 4.92. The summed E-state index contributed by atoms with van der Waals surface area (Å²) in [5, 5.41) is 9.09.